The zero-order valence-electron chi connectivity index (χ0n) is 16.4. The standard InChI is InChI=1S/C22H28N4O2/c1-2-6-21(27)23-16-7-5-12-26(14-16)20-13-18(22(28)24-15-10-11-15)17-8-3-4-9-19(17)25-20/h3-4,8-9,13,15-16H,2,5-7,10-12,14H2,1H3,(H,23,27)(H,24,28). The third-order valence-electron chi connectivity index (χ3n) is 5.45. The molecule has 0 spiro atoms. The van der Waals surface area contributed by atoms with E-state index in [1.165, 1.54) is 0 Å². The van der Waals surface area contributed by atoms with Crippen molar-refractivity contribution in [2.45, 2.75) is 57.5 Å². The van der Waals surface area contributed by atoms with E-state index in [2.05, 4.69) is 15.5 Å². The zero-order chi connectivity index (χ0) is 19.5. The summed E-state index contributed by atoms with van der Waals surface area (Å²) in [5.74, 6) is 0.909. The molecule has 2 amide bonds. The molecule has 2 aromatic rings. The monoisotopic (exact) mass is 380 g/mol. The Hall–Kier alpha value is -2.63. The molecule has 28 heavy (non-hydrogen) atoms. The first kappa shape index (κ1) is 18.7. The highest BCUT2D eigenvalue weighted by Crippen LogP contribution is 2.27. The average Bonchev–Trinajstić information content (AvgIpc) is 3.51. The summed E-state index contributed by atoms with van der Waals surface area (Å²) in [6.07, 6.45) is 5.52. The fourth-order valence-electron chi connectivity index (χ4n) is 3.83. The van der Waals surface area contributed by atoms with Gasteiger partial charge in [0.2, 0.25) is 5.91 Å². The second kappa shape index (κ2) is 8.17. The van der Waals surface area contributed by atoms with E-state index in [4.69, 9.17) is 4.98 Å². The fourth-order valence-corrected chi connectivity index (χ4v) is 3.83. The molecule has 148 valence electrons. The van der Waals surface area contributed by atoms with Crippen LogP contribution in [0.25, 0.3) is 10.9 Å². The van der Waals surface area contributed by atoms with Crippen LogP contribution in [0, 0.1) is 0 Å². The first-order valence-electron chi connectivity index (χ1n) is 10.4. The zero-order valence-corrected chi connectivity index (χ0v) is 16.4. The van der Waals surface area contributed by atoms with E-state index in [1.54, 1.807) is 0 Å². The van der Waals surface area contributed by atoms with Crippen LogP contribution in [-0.2, 0) is 4.79 Å². The minimum absolute atomic E-state index is 0.0211. The molecule has 1 unspecified atom stereocenters. The molecule has 2 N–H and O–H groups in total. The molecule has 1 saturated carbocycles. The van der Waals surface area contributed by atoms with Gasteiger partial charge >= 0.3 is 0 Å². The van der Waals surface area contributed by atoms with Gasteiger partial charge < -0.3 is 15.5 Å². The van der Waals surface area contributed by atoms with Crippen LogP contribution in [0.4, 0.5) is 5.82 Å². The third kappa shape index (κ3) is 4.26. The number of para-hydroxylation sites is 1. The summed E-state index contributed by atoms with van der Waals surface area (Å²) in [5, 5.41) is 7.12. The second-order valence-electron chi connectivity index (χ2n) is 7.90. The number of nitrogens with zero attached hydrogens (tertiary/aromatic N) is 2. The molecule has 1 aliphatic heterocycles. The lowest BCUT2D eigenvalue weighted by Crippen LogP contribution is -2.48. The molecule has 2 heterocycles. The SMILES string of the molecule is CCCC(=O)NC1CCCN(c2cc(C(=O)NC3CC3)c3ccccc3n2)C1. The Balaban J connectivity index is 1.58. The lowest BCUT2D eigenvalue weighted by atomic mass is 10.0. The number of fused-ring (bicyclic) bond motifs is 1. The number of nitrogens with one attached hydrogen (secondary N) is 2. The van der Waals surface area contributed by atoms with Gasteiger partial charge in [0.25, 0.3) is 5.91 Å². The number of carbonyl (C=O) groups excluding carboxylic acids is 2. The second-order valence-corrected chi connectivity index (χ2v) is 7.90. The number of carbonyl (C=O) groups is 2. The summed E-state index contributed by atoms with van der Waals surface area (Å²) >= 11 is 0. The average molecular weight is 380 g/mol. The maximum Gasteiger partial charge on any atom is 0.252 e. The first-order chi connectivity index (χ1) is 13.6. The van der Waals surface area contributed by atoms with E-state index >= 15 is 0 Å². The van der Waals surface area contributed by atoms with E-state index in [0.29, 0.717) is 18.0 Å². The Morgan fingerprint density at radius 3 is 2.75 bits per heavy atom. The fraction of sp³-hybridized carbons (Fsp3) is 0.500. The smallest absolute Gasteiger partial charge is 0.252 e. The summed E-state index contributed by atoms with van der Waals surface area (Å²) in [7, 11) is 0. The van der Waals surface area contributed by atoms with Crippen LogP contribution in [0.5, 0.6) is 0 Å². The predicted octanol–water partition coefficient (Wildman–Crippen LogP) is 3.01. The molecule has 1 aliphatic carbocycles. The van der Waals surface area contributed by atoms with Crippen molar-refractivity contribution in [2.75, 3.05) is 18.0 Å². The van der Waals surface area contributed by atoms with Crippen molar-refractivity contribution < 1.29 is 9.59 Å². The van der Waals surface area contributed by atoms with E-state index in [1.807, 2.05) is 37.3 Å². The highest BCUT2D eigenvalue weighted by atomic mass is 16.2. The molecule has 6 heteroatoms. The van der Waals surface area contributed by atoms with E-state index in [-0.39, 0.29) is 17.9 Å². The summed E-state index contributed by atoms with van der Waals surface area (Å²) in [5.41, 5.74) is 1.52. The molecule has 1 aromatic carbocycles. The highest BCUT2D eigenvalue weighted by molar-refractivity contribution is 6.07. The third-order valence-corrected chi connectivity index (χ3v) is 5.45. The molecule has 1 atom stereocenters. The van der Waals surface area contributed by atoms with Gasteiger partial charge in [-0.05, 0) is 44.2 Å². The van der Waals surface area contributed by atoms with Gasteiger partial charge in [-0.25, -0.2) is 4.98 Å². The van der Waals surface area contributed by atoms with Crippen molar-refractivity contribution in [3.63, 3.8) is 0 Å². The maximum atomic E-state index is 12.8. The van der Waals surface area contributed by atoms with E-state index in [0.717, 1.165) is 61.9 Å². The topological polar surface area (TPSA) is 74.3 Å². The summed E-state index contributed by atoms with van der Waals surface area (Å²) in [6.45, 7) is 3.62. The number of rotatable bonds is 6. The van der Waals surface area contributed by atoms with Crippen molar-refractivity contribution in [2.24, 2.45) is 0 Å². The number of hydrogen-bond donors (Lipinski definition) is 2. The molecule has 4 rings (SSSR count). The van der Waals surface area contributed by atoms with Gasteiger partial charge in [0.15, 0.2) is 0 Å². The minimum atomic E-state index is -0.0211. The number of pyridine rings is 1. The Morgan fingerprint density at radius 1 is 1.14 bits per heavy atom. The molecule has 1 saturated heterocycles. The molecule has 2 aliphatic rings. The van der Waals surface area contributed by atoms with Gasteiger partial charge in [0.1, 0.15) is 5.82 Å². The number of aromatic nitrogens is 1. The quantitative estimate of drug-likeness (QED) is 0.808. The van der Waals surface area contributed by atoms with Gasteiger partial charge in [0.05, 0.1) is 11.1 Å². The molecule has 2 fully saturated rings. The Labute approximate surface area is 165 Å². The lowest BCUT2D eigenvalue weighted by molar-refractivity contribution is -0.121. The molecule has 0 radical (unpaired) electrons. The van der Waals surface area contributed by atoms with Gasteiger partial charge in [-0.2, -0.15) is 0 Å². The van der Waals surface area contributed by atoms with Gasteiger partial charge in [-0.15, -0.1) is 0 Å². The largest absolute Gasteiger partial charge is 0.355 e. The Bertz CT molecular complexity index is 878. The summed E-state index contributed by atoms with van der Waals surface area (Å²) < 4.78 is 0. The Kier molecular flexibility index (Phi) is 5.46. The highest BCUT2D eigenvalue weighted by Gasteiger charge is 2.27. The number of hydrogen-bond acceptors (Lipinski definition) is 4. The first-order valence-corrected chi connectivity index (χ1v) is 10.4. The van der Waals surface area contributed by atoms with Crippen LogP contribution in [0.1, 0.15) is 55.8 Å². The molecule has 1 aromatic heterocycles. The van der Waals surface area contributed by atoms with Crippen molar-refractivity contribution in [3.8, 4) is 0 Å². The Morgan fingerprint density at radius 2 is 1.96 bits per heavy atom. The maximum absolute atomic E-state index is 12.8. The lowest BCUT2D eigenvalue weighted by Gasteiger charge is -2.34. The number of piperidine rings is 1. The van der Waals surface area contributed by atoms with Crippen LogP contribution in [0.15, 0.2) is 30.3 Å². The van der Waals surface area contributed by atoms with Crippen LogP contribution >= 0.6 is 0 Å². The molecular formula is C22H28N4O2. The normalized spacial score (nSPS) is 19.5. The van der Waals surface area contributed by atoms with Gasteiger partial charge in [0, 0.05) is 37.0 Å². The summed E-state index contributed by atoms with van der Waals surface area (Å²) in [6, 6.07) is 10.2. The number of anilines is 1. The van der Waals surface area contributed by atoms with Crippen LogP contribution in [0.2, 0.25) is 0 Å². The van der Waals surface area contributed by atoms with Crippen molar-refractivity contribution in [3.05, 3.63) is 35.9 Å². The van der Waals surface area contributed by atoms with E-state index < -0.39 is 0 Å². The number of amides is 2. The van der Waals surface area contributed by atoms with Crippen LogP contribution in [-0.4, -0.2) is 42.0 Å². The van der Waals surface area contributed by atoms with E-state index in [9.17, 15) is 9.59 Å². The molecular weight excluding hydrogens is 352 g/mol. The minimum Gasteiger partial charge on any atom is -0.355 e. The molecule has 6 nitrogen and oxygen atoms in total. The predicted molar refractivity (Wildman–Crippen MR) is 111 cm³/mol. The van der Waals surface area contributed by atoms with Gasteiger partial charge in [-0.3, -0.25) is 9.59 Å². The van der Waals surface area contributed by atoms with Gasteiger partial charge in [-0.1, -0.05) is 25.1 Å². The van der Waals surface area contributed by atoms with Crippen molar-refractivity contribution in [1.29, 1.82) is 0 Å². The van der Waals surface area contributed by atoms with Crippen molar-refractivity contribution in [1.82, 2.24) is 15.6 Å². The van der Waals surface area contributed by atoms with Crippen molar-refractivity contribution >= 4 is 28.5 Å². The van der Waals surface area contributed by atoms with Crippen LogP contribution < -0.4 is 15.5 Å². The molecule has 0 bridgehead atoms. The van der Waals surface area contributed by atoms with Crippen LogP contribution in [0.3, 0.4) is 0 Å². The number of benzene rings is 1. The summed E-state index contributed by atoms with van der Waals surface area (Å²) in [4.78, 5) is 31.8.